The molecule has 1 N–H and O–H groups in total. The molecule has 4 heteroatoms. The molecule has 1 rings (SSSR count). The molecule has 0 aliphatic carbocycles. The fourth-order valence-corrected chi connectivity index (χ4v) is 2.24. The smallest absolute Gasteiger partial charge is 0.115 e. The Balaban J connectivity index is 2.78. The molecule has 1 aromatic rings. The number of rotatable bonds is 9. The summed E-state index contributed by atoms with van der Waals surface area (Å²) < 4.78 is 10.4. The third-order valence-corrected chi connectivity index (χ3v) is 3.27. The molecule has 0 aliphatic rings. The number of phenolic OH excluding ortho intramolecular Hbond substituents is 1. The molecular weight excluding hydrogens is 242 g/mol. The highest BCUT2D eigenvalue weighted by Crippen LogP contribution is 2.25. The van der Waals surface area contributed by atoms with Crippen LogP contribution in [-0.4, -0.2) is 50.5 Å². The fourth-order valence-electron chi connectivity index (χ4n) is 2.24. The molecule has 0 saturated heterocycles. The molecule has 0 radical (unpaired) electrons. The van der Waals surface area contributed by atoms with E-state index in [1.807, 2.05) is 12.1 Å². The Morgan fingerprint density at radius 3 is 2.00 bits per heavy atom. The maximum Gasteiger partial charge on any atom is 0.115 e. The third kappa shape index (κ3) is 5.19. The molecule has 0 bridgehead atoms. The van der Waals surface area contributed by atoms with Crippen LogP contribution in [0.15, 0.2) is 24.3 Å². The molecular formula is C15H25NO3. The van der Waals surface area contributed by atoms with Gasteiger partial charge in [-0.15, -0.1) is 0 Å². The van der Waals surface area contributed by atoms with Gasteiger partial charge in [0.15, 0.2) is 0 Å². The molecule has 1 unspecified atom stereocenters. The van der Waals surface area contributed by atoms with E-state index in [0.717, 1.165) is 19.5 Å². The van der Waals surface area contributed by atoms with E-state index < -0.39 is 0 Å². The van der Waals surface area contributed by atoms with E-state index in [-0.39, 0.29) is 0 Å². The van der Waals surface area contributed by atoms with E-state index in [9.17, 15) is 5.11 Å². The maximum absolute atomic E-state index is 9.38. The molecule has 0 amide bonds. The molecule has 1 atom stereocenters. The summed E-state index contributed by atoms with van der Waals surface area (Å²) in [4.78, 5) is 2.36. The lowest BCUT2D eigenvalue weighted by atomic mass is 10.0. The van der Waals surface area contributed by atoms with Crippen LogP contribution in [0, 0.1) is 0 Å². The molecule has 0 saturated carbocycles. The zero-order valence-electron chi connectivity index (χ0n) is 12.1. The maximum atomic E-state index is 9.38. The Bertz CT molecular complexity index is 332. The minimum atomic E-state index is 0.305. The number of aromatic hydroxyl groups is 1. The Hall–Kier alpha value is -1.10. The van der Waals surface area contributed by atoms with Crippen molar-refractivity contribution in [2.45, 2.75) is 19.4 Å². The van der Waals surface area contributed by atoms with Crippen LogP contribution in [0.5, 0.6) is 5.75 Å². The Kier molecular flexibility index (Phi) is 7.48. The summed E-state index contributed by atoms with van der Waals surface area (Å²) in [5.74, 6) is 0.305. The van der Waals surface area contributed by atoms with Crippen molar-refractivity contribution in [1.29, 1.82) is 0 Å². The van der Waals surface area contributed by atoms with E-state index >= 15 is 0 Å². The first-order chi connectivity index (χ1) is 9.22. The summed E-state index contributed by atoms with van der Waals surface area (Å²) in [5.41, 5.74) is 1.22. The van der Waals surface area contributed by atoms with Crippen LogP contribution in [0.3, 0.4) is 0 Å². The normalized spacial score (nSPS) is 12.8. The minimum Gasteiger partial charge on any atom is -0.508 e. The number of benzene rings is 1. The van der Waals surface area contributed by atoms with Crippen molar-refractivity contribution in [3.63, 3.8) is 0 Å². The number of phenols is 1. The predicted molar refractivity (Wildman–Crippen MR) is 76.5 cm³/mol. The number of hydrogen-bond donors (Lipinski definition) is 1. The molecule has 108 valence electrons. The highest BCUT2D eigenvalue weighted by molar-refractivity contribution is 5.28. The van der Waals surface area contributed by atoms with Crippen molar-refractivity contribution in [3.05, 3.63) is 29.8 Å². The van der Waals surface area contributed by atoms with Crippen LogP contribution in [0.1, 0.15) is 24.9 Å². The summed E-state index contributed by atoms with van der Waals surface area (Å²) in [5, 5.41) is 9.38. The van der Waals surface area contributed by atoms with Gasteiger partial charge in [0.25, 0.3) is 0 Å². The van der Waals surface area contributed by atoms with Crippen molar-refractivity contribution in [2.75, 3.05) is 40.5 Å². The highest BCUT2D eigenvalue weighted by atomic mass is 16.5. The van der Waals surface area contributed by atoms with Gasteiger partial charge in [-0.1, -0.05) is 19.1 Å². The van der Waals surface area contributed by atoms with Gasteiger partial charge in [0.2, 0.25) is 0 Å². The summed E-state index contributed by atoms with van der Waals surface area (Å²) in [6, 6.07) is 7.77. The van der Waals surface area contributed by atoms with Gasteiger partial charge in [-0.2, -0.15) is 0 Å². The van der Waals surface area contributed by atoms with Gasteiger partial charge in [0.05, 0.1) is 13.2 Å². The topological polar surface area (TPSA) is 41.9 Å². The standard InChI is InChI=1S/C15H25NO3/c1-4-15(13-5-7-14(17)8-6-13)16(9-11-18-2)10-12-19-3/h5-8,15,17H,4,9-12H2,1-3H3. The van der Waals surface area contributed by atoms with Gasteiger partial charge in [0, 0.05) is 33.4 Å². The molecule has 0 aliphatic heterocycles. The molecule has 0 fully saturated rings. The lowest BCUT2D eigenvalue weighted by molar-refractivity contribution is 0.0855. The van der Waals surface area contributed by atoms with Gasteiger partial charge >= 0.3 is 0 Å². The van der Waals surface area contributed by atoms with E-state index in [1.54, 1.807) is 26.4 Å². The second-order valence-electron chi connectivity index (χ2n) is 4.54. The van der Waals surface area contributed by atoms with Gasteiger partial charge in [-0.3, -0.25) is 4.90 Å². The summed E-state index contributed by atoms with van der Waals surface area (Å²) >= 11 is 0. The van der Waals surface area contributed by atoms with E-state index in [1.165, 1.54) is 5.56 Å². The Morgan fingerprint density at radius 2 is 1.58 bits per heavy atom. The van der Waals surface area contributed by atoms with Gasteiger partial charge in [-0.25, -0.2) is 0 Å². The van der Waals surface area contributed by atoms with Gasteiger partial charge in [-0.05, 0) is 24.1 Å². The Labute approximate surface area is 115 Å². The van der Waals surface area contributed by atoms with Gasteiger partial charge in [0.1, 0.15) is 5.75 Å². The van der Waals surface area contributed by atoms with Crippen LogP contribution >= 0.6 is 0 Å². The molecule has 19 heavy (non-hydrogen) atoms. The minimum absolute atomic E-state index is 0.305. The lowest BCUT2D eigenvalue weighted by Gasteiger charge is -2.31. The summed E-state index contributed by atoms with van der Waals surface area (Å²) in [6.07, 6.45) is 1.01. The second kappa shape index (κ2) is 8.91. The van der Waals surface area contributed by atoms with Gasteiger partial charge < -0.3 is 14.6 Å². The summed E-state index contributed by atoms with van der Waals surface area (Å²) in [6.45, 7) is 5.33. The second-order valence-corrected chi connectivity index (χ2v) is 4.54. The zero-order chi connectivity index (χ0) is 14.1. The number of ether oxygens (including phenoxy) is 2. The zero-order valence-corrected chi connectivity index (χ0v) is 12.1. The van der Waals surface area contributed by atoms with Crippen LogP contribution in [0.4, 0.5) is 0 Å². The van der Waals surface area contributed by atoms with Crippen molar-refractivity contribution in [2.24, 2.45) is 0 Å². The molecule has 0 spiro atoms. The van der Waals surface area contributed by atoms with Crippen LogP contribution < -0.4 is 0 Å². The monoisotopic (exact) mass is 267 g/mol. The van der Waals surface area contributed by atoms with E-state index in [2.05, 4.69) is 11.8 Å². The fraction of sp³-hybridized carbons (Fsp3) is 0.600. The quantitative estimate of drug-likeness (QED) is 0.746. The van der Waals surface area contributed by atoms with Crippen molar-refractivity contribution in [3.8, 4) is 5.75 Å². The number of nitrogens with zero attached hydrogens (tertiary/aromatic N) is 1. The summed E-state index contributed by atoms with van der Waals surface area (Å²) in [7, 11) is 3.44. The van der Waals surface area contributed by atoms with E-state index in [0.29, 0.717) is 25.0 Å². The van der Waals surface area contributed by atoms with Crippen molar-refractivity contribution in [1.82, 2.24) is 4.90 Å². The molecule has 0 heterocycles. The number of methoxy groups -OCH3 is 2. The first-order valence-electron chi connectivity index (χ1n) is 6.73. The van der Waals surface area contributed by atoms with E-state index in [4.69, 9.17) is 9.47 Å². The van der Waals surface area contributed by atoms with Crippen molar-refractivity contribution >= 4 is 0 Å². The third-order valence-electron chi connectivity index (χ3n) is 3.27. The molecule has 0 aromatic heterocycles. The largest absolute Gasteiger partial charge is 0.508 e. The highest BCUT2D eigenvalue weighted by Gasteiger charge is 2.18. The lowest BCUT2D eigenvalue weighted by Crippen LogP contribution is -2.34. The average molecular weight is 267 g/mol. The average Bonchev–Trinajstić information content (AvgIpc) is 2.43. The van der Waals surface area contributed by atoms with Crippen molar-refractivity contribution < 1.29 is 14.6 Å². The van der Waals surface area contributed by atoms with Crippen LogP contribution in [-0.2, 0) is 9.47 Å². The first kappa shape index (κ1) is 16.0. The van der Waals surface area contributed by atoms with Crippen LogP contribution in [0.25, 0.3) is 0 Å². The first-order valence-corrected chi connectivity index (χ1v) is 6.73. The SMILES string of the molecule is CCC(c1ccc(O)cc1)N(CCOC)CCOC. The molecule has 1 aromatic carbocycles. The molecule has 4 nitrogen and oxygen atoms in total. The Morgan fingerprint density at radius 1 is 1.05 bits per heavy atom. The van der Waals surface area contributed by atoms with Crippen LogP contribution in [0.2, 0.25) is 0 Å². The number of hydrogen-bond acceptors (Lipinski definition) is 4. The predicted octanol–water partition coefficient (Wildman–Crippen LogP) is 2.44.